The predicted molar refractivity (Wildman–Crippen MR) is 82.3 cm³/mol. The number of benzene rings is 1. The summed E-state index contributed by atoms with van der Waals surface area (Å²) in [5, 5.41) is 1.16. The van der Waals surface area contributed by atoms with Crippen LogP contribution in [0.2, 0.25) is 0 Å². The minimum atomic E-state index is 0.892. The molecule has 1 heterocycles. The molecular formula is C15H20N2S. The van der Waals surface area contributed by atoms with E-state index in [1.54, 1.807) is 11.8 Å². The fourth-order valence-electron chi connectivity index (χ4n) is 2.17. The number of nitrogen functional groups attached to an aromatic ring is 1. The summed E-state index contributed by atoms with van der Waals surface area (Å²) in [6, 6.07) is 4.32. The van der Waals surface area contributed by atoms with Gasteiger partial charge in [-0.25, -0.2) is 0 Å². The van der Waals surface area contributed by atoms with Crippen molar-refractivity contribution >= 4 is 22.5 Å². The Hall–Kier alpha value is -1.22. The van der Waals surface area contributed by atoms with Gasteiger partial charge in [-0.3, -0.25) is 4.99 Å². The summed E-state index contributed by atoms with van der Waals surface area (Å²) in [7, 11) is 0. The molecule has 18 heavy (non-hydrogen) atoms. The van der Waals surface area contributed by atoms with E-state index in [0.717, 1.165) is 34.9 Å². The molecule has 0 fully saturated rings. The molecule has 2 rings (SSSR count). The van der Waals surface area contributed by atoms with Crippen LogP contribution in [0.4, 0.5) is 5.69 Å². The summed E-state index contributed by atoms with van der Waals surface area (Å²) in [5.74, 6) is 1.04. The van der Waals surface area contributed by atoms with Crippen molar-refractivity contribution in [2.24, 2.45) is 4.99 Å². The quantitative estimate of drug-likeness (QED) is 0.841. The monoisotopic (exact) mass is 260 g/mol. The first-order valence-electron chi connectivity index (χ1n) is 6.35. The molecule has 2 N–H and O–H groups in total. The van der Waals surface area contributed by atoms with E-state index in [0.29, 0.717) is 0 Å². The summed E-state index contributed by atoms with van der Waals surface area (Å²) in [5.41, 5.74) is 11.9. The van der Waals surface area contributed by atoms with Gasteiger partial charge in [-0.15, -0.1) is 11.8 Å². The Bertz CT molecular complexity index is 515. The summed E-state index contributed by atoms with van der Waals surface area (Å²) in [4.78, 5) is 4.61. The number of thioether (sulfide) groups is 1. The first-order chi connectivity index (χ1) is 8.60. The lowest BCUT2D eigenvalue weighted by molar-refractivity contribution is 1.02. The van der Waals surface area contributed by atoms with E-state index in [-0.39, 0.29) is 0 Å². The van der Waals surface area contributed by atoms with E-state index in [1.165, 1.54) is 16.8 Å². The van der Waals surface area contributed by atoms with Gasteiger partial charge in [0.1, 0.15) is 0 Å². The second-order valence-electron chi connectivity index (χ2n) is 4.65. The van der Waals surface area contributed by atoms with Gasteiger partial charge < -0.3 is 5.73 Å². The first kappa shape index (κ1) is 13.2. The van der Waals surface area contributed by atoms with Gasteiger partial charge in [-0.2, -0.15) is 0 Å². The van der Waals surface area contributed by atoms with E-state index in [4.69, 9.17) is 5.73 Å². The Kier molecular flexibility index (Phi) is 4.12. The normalized spacial score (nSPS) is 15.3. The number of hydrogen-bond acceptors (Lipinski definition) is 3. The van der Waals surface area contributed by atoms with Crippen molar-refractivity contribution in [3.05, 3.63) is 40.6 Å². The maximum atomic E-state index is 5.97. The zero-order chi connectivity index (χ0) is 13.1. The predicted octanol–water partition coefficient (Wildman–Crippen LogP) is 3.73. The molecule has 0 saturated carbocycles. The summed E-state index contributed by atoms with van der Waals surface area (Å²) >= 11 is 1.80. The average Bonchev–Trinajstić information content (AvgIpc) is 2.33. The van der Waals surface area contributed by atoms with Crippen molar-refractivity contribution in [1.82, 2.24) is 0 Å². The lowest BCUT2D eigenvalue weighted by atomic mass is 9.97. The van der Waals surface area contributed by atoms with Crippen LogP contribution >= 0.6 is 11.8 Å². The molecule has 0 atom stereocenters. The number of anilines is 1. The van der Waals surface area contributed by atoms with Crippen LogP contribution in [-0.4, -0.2) is 10.8 Å². The average molecular weight is 260 g/mol. The standard InChI is InChI=1S/C15H20N2S/c1-4-12-9-15(16)10(2)7-13(12)8-14-5-6-18-11(3)17-14/h5,7,9H,4,6,8,16H2,1-3H3. The molecule has 0 bridgehead atoms. The highest BCUT2D eigenvalue weighted by Crippen LogP contribution is 2.24. The molecule has 0 aliphatic carbocycles. The fourth-order valence-corrected chi connectivity index (χ4v) is 2.87. The number of nitrogens with two attached hydrogens (primary N) is 1. The van der Waals surface area contributed by atoms with E-state index >= 15 is 0 Å². The molecule has 0 spiro atoms. The first-order valence-corrected chi connectivity index (χ1v) is 7.33. The minimum absolute atomic E-state index is 0.892. The minimum Gasteiger partial charge on any atom is -0.399 e. The molecule has 0 saturated heterocycles. The van der Waals surface area contributed by atoms with Gasteiger partial charge in [0.2, 0.25) is 0 Å². The summed E-state index contributed by atoms with van der Waals surface area (Å²) in [6.45, 7) is 6.32. The van der Waals surface area contributed by atoms with Crippen molar-refractivity contribution in [2.75, 3.05) is 11.5 Å². The van der Waals surface area contributed by atoms with Crippen molar-refractivity contribution in [3.63, 3.8) is 0 Å². The summed E-state index contributed by atoms with van der Waals surface area (Å²) in [6.07, 6.45) is 4.16. The zero-order valence-corrected chi connectivity index (χ0v) is 12.1. The van der Waals surface area contributed by atoms with E-state index in [1.807, 2.05) is 0 Å². The molecular weight excluding hydrogens is 240 g/mol. The van der Waals surface area contributed by atoms with Crippen LogP contribution in [-0.2, 0) is 12.8 Å². The number of hydrogen-bond donors (Lipinski definition) is 1. The van der Waals surface area contributed by atoms with Gasteiger partial charge in [-0.05, 0) is 43.0 Å². The molecule has 96 valence electrons. The summed E-state index contributed by atoms with van der Waals surface area (Å²) < 4.78 is 0. The van der Waals surface area contributed by atoms with Crippen LogP contribution in [0.1, 0.15) is 30.5 Å². The van der Waals surface area contributed by atoms with Gasteiger partial charge in [0, 0.05) is 23.6 Å². The molecule has 2 nitrogen and oxygen atoms in total. The third-order valence-corrected chi connectivity index (χ3v) is 4.10. The smallest absolute Gasteiger partial charge is 0.0706 e. The number of rotatable bonds is 3. The number of aliphatic imine (C=N–C) groups is 1. The third kappa shape index (κ3) is 2.96. The van der Waals surface area contributed by atoms with E-state index in [9.17, 15) is 0 Å². The Labute approximate surface area is 113 Å². The highest BCUT2D eigenvalue weighted by Gasteiger charge is 2.09. The van der Waals surface area contributed by atoms with Gasteiger partial charge in [0.15, 0.2) is 0 Å². The lowest BCUT2D eigenvalue weighted by Gasteiger charge is -2.14. The van der Waals surface area contributed by atoms with Crippen molar-refractivity contribution in [2.45, 2.75) is 33.6 Å². The number of allylic oxidation sites excluding steroid dienone is 1. The molecule has 0 unspecified atom stereocenters. The van der Waals surface area contributed by atoms with Gasteiger partial charge >= 0.3 is 0 Å². The second kappa shape index (κ2) is 5.61. The van der Waals surface area contributed by atoms with Crippen molar-refractivity contribution in [3.8, 4) is 0 Å². The van der Waals surface area contributed by atoms with Crippen LogP contribution < -0.4 is 5.73 Å². The Balaban J connectivity index is 2.29. The van der Waals surface area contributed by atoms with Crippen molar-refractivity contribution in [1.29, 1.82) is 0 Å². The molecule has 0 aromatic heterocycles. The highest BCUT2D eigenvalue weighted by atomic mass is 32.2. The third-order valence-electron chi connectivity index (χ3n) is 3.25. The SMILES string of the molecule is CCc1cc(N)c(C)cc1CC1=CCSC(C)=N1. The maximum absolute atomic E-state index is 5.97. The van der Waals surface area contributed by atoms with Gasteiger partial charge in [0.25, 0.3) is 0 Å². The molecule has 1 aliphatic rings. The fraction of sp³-hybridized carbons (Fsp3) is 0.400. The Morgan fingerprint density at radius 2 is 2.06 bits per heavy atom. The molecule has 0 amide bonds. The van der Waals surface area contributed by atoms with E-state index in [2.05, 4.69) is 44.0 Å². The van der Waals surface area contributed by atoms with Crippen LogP contribution in [0, 0.1) is 6.92 Å². The maximum Gasteiger partial charge on any atom is 0.0706 e. The number of aryl methyl sites for hydroxylation is 2. The van der Waals surface area contributed by atoms with Gasteiger partial charge in [-0.1, -0.05) is 19.1 Å². The highest BCUT2D eigenvalue weighted by molar-refractivity contribution is 8.14. The van der Waals surface area contributed by atoms with Crippen LogP contribution in [0.15, 0.2) is 28.9 Å². The number of nitrogens with zero attached hydrogens (tertiary/aromatic N) is 1. The Morgan fingerprint density at radius 1 is 1.28 bits per heavy atom. The van der Waals surface area contributed by atoms with Crippen LogP contribution in [0.5, 0.6) is 0 Å². The van der Waals surface area contributed by atoms with Crippen molar-refractivity contribution < 1.29 is 0 Å². The van der Waals surface area contributed by atoms with Crippen LogP contribution in [0.3, 0.4) is 0 Å². The lowest BCUT2D eigenvalue weighted by Crippen LogP contribution is -2.03. The topological polar surface area (TPSA) is 38.4 Å². The molecule has 1 aromatic carbocycles. The molecule has 3 heteroatoms. The largest absolute Gasteiger partial charge is 0.399 e. The Morgan fingerprint density at radius 3 is 2.72 bits per heavy atom. The zero-order valence-electron chi connectivity index (χ0n) is 11.3. The molecule has 0 radical (unpaired) electrons. The molecule has 1 aliphatic heterocycles. The molecule has 1 aromatic rings. The van der Waals surface area contributed by atoms with E-state index < -0.39 is 0 Å². The second-order valence-corrected chi connectivity index (χ2v) is 5.86. The van der Waals surface area contributed by atoms with Gasteiger partial charge in [0.05, 0.1) is 5.04 Å². The van der Waals surface area contributed by atoms with Crippen LogP contribution in [0.25, 0.3) is 0 Å².